The van der Waals surface area contributed by atoms with Crippen LogP contribution in [0.1, 0.15) is 18.1 Å². The number of thioether (sulfide) groups is 1. The third kappa shape index (κ3) is 6.46. The van der Waals surface area contributed by atoms with Gasteiger partial charge in [-0.1, -0.05) is 48.5 Å². The number of benzene rings is 3. The molecular weight excluding hydrogens is 591 g/mol. The molecule has 36 heavy (non-hydrogen) atoms. The van der Waals surface area contributed by atoms with E-state index in [0.717, 1.165) is 16.8 Å². The molecule has 1 N–H and O–H groups in total. The number of carbonyl (C=O) groups is 2. The van der Waals surface area contributed by atoms with Gasteiger partial charge < -0.3 is 14.6 Å². The van der Waals surface area contributed by atoms with Crippen LogP contribution in [0.25, 0.3) is 6.08 Å². The second-order valence-electron chi connectivity index (χ2n) is 7.66. The van der Waals surface area contributed by atoms with Crippen molar-refractivity contribution in [3.63, 3.8) is 0 Å². The average Bonchev–Trinajstić information content (AvgIpc) is 3.13. The number of carbonyl (C=O) groups excluding carboxylic acids is 1. The molecule has 0 saturated carbocycles. The number of aliphatic imine (C=N–C) groups is 1. The highest BCUT2D eigenvalue weighted by Crippen LogP contribution is 2.38. The maximum absolute atomic E-state index is 13.5. The van der Waals surface area contributed by atoms with Crippen LogP contribution in [0.4, 0.5) is 5.69 Å². The summed E-state index contributed by atoms with van der Waals surface area (Å²) in [6.07, 6.45) is 1.80. The van der Waals surface area contributed by atoms with Gasteiger partial charge in [0.2, 0.25) is 0 Å². The molecule has 9 heteroatoms. The highest BCUT2D eigenvalue weighted by molar-refractivity contribution is 14.1. The van der Waals surface area contributed by atoms with Crippen molar-refractivity contribution in [2.24, 2.45) is 4.99 Å². The van der Waals surface area contributed by atoms with Crippen molar-refractivity contribution < 1.29 is 24.2 Å². The van der Waals surface area contributed by atoms with Gasteiger partial charge in [0, 0.05) is 0 Å². The Morgan fingerprint density at radius 1 is 1.08 bits per heavy atom. The first-order valence-electron chi connectivity index (χ1n) is 11.1. The summed E-state index contributed by atoms with van der Waals surface area (Å²) >= 11 is 3.39. The molecular formula is C27H23IN2O5S. The fourth-order valence-electron chi connectivity index (χ4n) is 3.47. The second kappa shape index (κ2) is 12.1. The number of carboxylic acids is 1. The summed E-state index contributed by atoms with van der Waals surface area (Å²) in [4.78, 5) is 31.4. The van der Waals surface area contributed by atoms with Gasteiger partial charge in [0.1, 0.15) is 0 Å². The molecule has 0 unspecified atom stereocenters. The zero-order valence-corrected chi connectivity index (χ0v) is 22.4. The summed E-state index contributed by atoms with van der Waals surface area (Å²) in [5, 5.41) is 9.59. The standard InChI is InChI=1S/C27H23IN2O5S/c1-2-34-22-14-19(13-21(28)25(22)35-17-24(31)32)15-23-26(33)30(16-18-9-5-3-6-10-18)27(36-23)29-20-11-7-4-8-12-20/h3-15H,2,16-17H2,1H3,(H,31,32)/b23-15+,29-27?. The Morgan fingerprint density at radius 3 is 2.44 bits per heavy atom. The third-order valence-corrected chi connectivity index (χ3v) is 6.83. The van der Waals surface area contributed by atoms with Gasteiger partial charge in [-0.15, -0.1) is 0 Å². The molecule has 0 aromatic heterocycles. The van der Waals surface area contributed by atoms with E-state index in [0.29, 0.717) is 38.3 Å². The summed E-state index contributed by atoms with van der Waals surface area (Å²) in [7, 11) is 0. The maximum atomic E-state index is 13.5. The first-order chi connectivity index (χ1) is 17.4. The fraction of sp³-hybridized carbons (Fsp3) is 0.148. The van der Waals surface area contributed by atoms with Crippen molar-refractivity contribution in [1.82, 2.24) is 4.90 Å². The van der Waals surface area contributed by atoms with E-state index in [9.17, 15) is 9.59 Å². The highest BCUT2D eigenvalue weighted by atomic mass is 127. The van der Waals surface area contributed by atoms with E-state index in [4.69, 9.17) is 19.6 Å². The molecule has 0 spiro atoms. The van der Waals surface area contributed by atoms with Gasteiger partial charge in [-0.05, 0) is 82.7 Å². The topological polar surface area (TPSA) is 88.4 Å². The van der Waals surface area contributed by atoms with Crippen molar-refractivity contribution in [3.8, 4) is 11.5 Å². The SMILES string of the molecule is CCOc1cc(/C=C2/SC(=Nc3ccccc3)N(Cc3ccccc3)C2=O)cc(I)c1OCC(=O)O. The van der Waals surface area contributed by atoms with E-state index in [1.807, 2.05) is 73.7 Å². The number of rotatable bonds is 9. The molecule has 1 aliphatic rings. The molecule has 3 aromatic rings. The second-order valence-corrected chi connectivity index (χ2v) is 9.83. The van der Waals surface area contributed by atoms with Gasteiger partial charge in [0.25, 0.3) is 5.91 Å². The summed E-state index contributed by atoms with van der Waals surface area (Å²) in [5.74, 6) is -0.425. The van der Waals surface area contributed by atoms with E-state index in [-0.39, 0.29) is 5.91 Å². The Labute approximate surface area is 227 Å². The minimum atomic E-state index is -1.07. The first kappa shape index (κ1) is 25.8. The Morgan fingerprint density at radius 2 is 1.78 bits per heavy atom. The molecule has 4 rings (SSSR count). The molecule has 1 aliphatic heterocycles. The van der Waals surface area contributed by atoms with E-state index in [1.54, 1.807) is 17.0 Å². The molecule has 0 aliphatic carbocycles. The van der Waals surface area contributed by atoms with E-state index in [2.05, 4.69) is 22.6 Å². The van der Waals surface area contributed by atoms with Crippen LogP contribution in [-0.2, 0) is 16.1 Å². The number of para-hydroxylation sites is 1. The molecule has 0 radical (unpaired) electrons. The molecule has 1 fully saturated rings. The molecule has 0 bridgehead atoms. The van der Waals surface area contributed by atoms with Crippen LogP contribution in [0.3, 0.4) is 0 Å². The van der Waals surface area contributed by atoms with E-state index in [1.165, 1.54) is 11.8 Å². The van der Waals surface area contributed by atoms with Crippen molar-refractivity contribution in [2.75, 3.05) is 13.2 Å². The molecule has 1 heterocycles. The maximum Gasteiger partial charge on any atom is 0.341 e. The first-order valence-corrected chi connectivity index (χ1v) is 13.0. The Kier molecular flexibility index (Phi) is 8.65. The van der Waals surface area contributed by atoms with Crippen molar-refractivity contribution in [1.29, 1.82) is 0 Å². The number of hydrogen-bond acceptors (Lipinski definition) is 6. The zero-order chi connectivity index (χ0) is 25.5. The molecule has 7 nitrogen and oxygen atoms in total. The van der Waals surface area contributed by atoms with Gasteiger partial charge in [-0.25, -0.2) is 9.79 Å². The van der Waals surface area contributed by atoms with Crippen molar-refractivity contribution in [3.05, 3.63) is 92.4 Å². The minimum Gasteiger partial charge on any atom is -0.490 e. The van der Waals surface area contributed by atoms with E-state index >= 15 is 0 Å². The number of amides is 1. The van der Waals surface area contributed by atoms with Crippen LogP contribution < -0.4 is 9.47 Å². The van der Waals surface area contributed by atoms with Crippen molar-refractivity contribution >= 4 is 63.2 Å². The summed E-state index contributed by atoms with van der Waals surface area (Å²) in [6.45, 7) is 2.15. The van der Waals surface area contributed by atoms with Gasteiger partial charge in [0.05, 0.1) is 27.3 Å². The predicted molar refractivity (Wildman–Crippen MR) is 150 cm³/mol. The predicted octanol–water partition coefficient (Wildman–Crippen LogP) is 5.96. The minimum absolute atomic E-state index is 0.141. The van der Waals surface area contributed by atoms with Crippen LogP contribution in [-0.4, -0.2) is 40.3 Å². The number of hydrogen-bond donors (Lipinski definition) is 1. The Balaban J connectivity index is 1.69. The largest absolute Gasteiger partial charge is 0.490 e. The lowest BCUT2D eigenvalue weighted by atomic mass is 10.1. The van der Waals surface area contributed by atoms with Gasteiger partial charge >= 0.3 is 5.97 Å². The number of nitrogens with zero attached hydrogens (tertiary/aromatic N) is 2. The van der Waals surface area contributed by atoms with Crippen LogP contribution in [0.5, 0.6) is 11.5 Å². The summed E-state index contributed by atoms with van der Waals surface area (Å²) in [5.41, 5.74) is 2.50. The summed E-state index contributed by atoms with van der Waals surface area (Å²) < 4.78 is 11.8. The molecule has 0 atom stereocenters. The molecule has 3 aromatic carbocycles. The third-order valence-electron chi connectivity index (χ3n) is 5.02. The number of ether oxygens (including phenoxy) is 2. The quantitative estimate of drug-likeness (QED) is 0.237. The van der Waals surface area contributed by atoms with Gasteiger partial charge in [-0.3, -0.25) is 9.69 Å². The smallest absolute Gasteiger partial charge is 0.341 e. The fourth-order valence-corrected chi connectivity index (χ4v) is 5.25. The van der Waals surface area contributed by atoms with Crippen molar-refractivity contribution in [2.45, 2.75) is 13.5 Å². The Hall–Kier alpha value is -3.31. The van der Waals surface area contributed by atoms with Crippen LogP contribution >= 0.6 is 34.4 Å². The Bertz CT molecular complexity index is 1310. The average molecular weight is 614 g/mol. The van der Waals surface area contributed by atoms with Crippen LogP contribution in [0.2, 0.25) is 0 Å². The highest BCUT2D eigenvalue weighted by Gasteiger charge is 2.33. The lowest BCUT2D eigenvalue weighted by Gasteiger charge is -2.15. The van der Waals surface area contributed by atoms with E-state index < -0.39 is 12.6 Å². The number of carboxylic acid groups (broad SMARTS) is 1. The van der Waals surface area contributed by atoms with Gasteiger partial charge in [-0.2, -0.15) is 0 Å². The van der Waals surface area contributed by atoms with Gasteiger partial charge in [0.15, 0.2) is 23.3 Å². The normalized spacial score (nSPS) is 15.5. The number of aliphatic carboxylic acids is 1. The van der Waals surface area contributed by atoms with Crippen LogP contribution in [0.15, 0.2) is 82.7 Å². The number of amidine groups is 1. The lowest BCUT2D eigenvalue weighted by molar-refractivity contribution is -0.139. The lowest BCUT2D eigenvalue weighted by Crippen LogP contribution is -2.28. The van der Waals surface area contributed by atoms with Crippen LogP contribution in [0, 0.1) is 3.57 Å². The molecule has 184 valence electrons. The molecule has 1 amide bonds. The molecule has 1 saturated heterocycles. The monoisotopic (exact) mass is 614 g/mol. The number of halogens is 1. The summed E-state index contributed by atoms with van der Waals surface area (Å²) in [6, 6.07) is 22.9. The zero-order valence-electron chi connectivity index (χ0n) is 19.4.